The van der Waals surface area contributed by atoms with Gasteiger partial charge in [0, 0.05) is 17.2 Å². The highest BCUT2D eigenvalue weighted by molar-refractivity contribution is 5.62. The Bertz CT molecular complexity index is 1060. The molecule has 1 aliphatic rings. The van der Waals surface area contributed by atoms with Crippen LogP contribution in [0.3, 0.4) is 0 Å². The number of rotatable bonds is 6. The third-order valence-electron chi connectivity index (χ3n) is 4.67. The standard InChI is InChI=1S/C23H19NO5/c1-27-22-14-18(11-12-21(22)28-15-16-7-3-2-4-8-16)23-19(24(25)26)13-17-9-5-6-10-20(17)29-23/h2-14,23H,15H2,1H3/t23-/m1/s1. The lowest BCUT2D eigenvalue weighted by Gasteiger charge is -2.23. The van der Waals surface area contributed by atoms with Crippen LogP contribution in [0.4, 0.5) is 0 Å². The van der Waals surface area contributed by atoms with Gasteiger partial charge < -0.3 is 14.2 Å². The summed E-state index contributed by atoms with van der Waals surface area (Å²) in [6.45, 7) is 0.393. The van der Waals surface area contributed by atoms with Gasteiger partial charge >= 0.3 is 0 Å². The van der Waals surface area contributed by atoms with Crippen LogP contribution in [0.2, 0.25) is 0 Å². The molecule has 0 aliphatic carbocycles. The van der Waals surface area contributed by atoms with Crippen LogP contribution in [0.5, 0.6) is 17.2 Å². The van der Waals surface area contributed by atoms with Gasteiger partial charge in [0.2, 0.25) is 6.10 Å². The second kappa shape index (κ2) is 8.06. The predicted molar refractivity (Wildman–Crippen MR) is 109 cm³/mol. The summed E-state index contributed by atoms with van der Waals surface area (Å²) < 4.78 is 17.3. The normalized spacial score (nSPS) is 14.9. The lowest BCUT2D eigenvalue weighted by Crippen LogP contribution is -2.19. The van der Waals surface area contributed by atoms with E-state index in [4.69, 9.17) is 14.2 Å². The zero-order chi connectivity index (χ0) is 20.2. The number of nitrogens with zero attached hydrogens (tertiary/aromatic N) is 1. The van der Waals surface area contributed by atoms with Crippen LogP contribution in [0.25, 0.3) is 6.08 Å². The Kier molecular flexibility index (Phi) is 5.16. The summed E-state index contributed by atoms with van der Waals surface area (Å²) in [7, 11) is 1.54. The number of nitro groups is 1. The molecule has 1 aliphatic heterocycles. The lowest BCUT2D eigenvalue weighted by atomic mass is 10.0. The van der Waals surface area contributed by atoms with E-state index < -0.39 is 11.0 Å². The van der Waals surface area contributed by atoms with Crippen molar-refractivity contribution in [3.05, 3.63) is 105 Å². The summed E-state index contributed by atoms with van der Waals surface area (Å²) in [4.78, 5) is 11.2. The maximum atomic E-state index is 11.6. The highest BCUT2D eigenvalue weighted by Gasteiger charge is 2.33. The molecule has 0 saturated heterocycles. The van der Waals surface area contributed by atoms with Crippen molar-refractivity contribution in [2.24, 2.45) is 0 Å². The number of fused-ring (bicyclic) bond motifs is 1. The molecule has 0 bridgehead atoms. The van der Waals surface area contributed by atoms with Crippen LogP contribution in [-0.2, 0) is 6.61 Å². The first-order chi connectivity index (χ1) is 14.2. The van der Waals surface area contributed by atoms with Crippen LogP contribution in [0.1, 0.15) is 22.8 Å². The van der Waals surface area contributed by atoms with Gasteiger partial charge in [-0.25, -0.2) is 0 Å². The molecule has 0 radical (unpaired) electrons. The van der Waals surface area contributed by atoms with E-state index in [0.717, 1.165) is 5.56 Å². The molecule has 0 unspecified atom stereocenters. The minimum atomic E-state index is -0.836. The van der Waals surface area contributed by atoms with Crippen LogP contribution < -0.4 is 14.2 Å². The van der Waals surface area contributed by atoms with Gasteiger partial charge in [-0.1, -0.05) is 54.6 Å². The molecule has 3 aromatic carbocycles. The summed E-state index contributed by atoms with van der Waals surface area (Å²) in [6.07, 6.45) is 0.715. The van der Waals surface area contributed by atoms with Gasteiger partial charge in [-0.15, -0.1) is 0 Å². The van der Waals surface area contributed by atoms with Crippen molar-refractivity contribution in [1.29, 1.82) is 0 Å². The monoisotopic (exact) mass is 389 g/mol. The molecular formula is C23H19NO5. The molecule has 0 amide bonds. The molecule has 3 aromatic rings. The van der Waals surface area contributed by atoms with Gasteiger partial charge in [-0.2, -0.15) is 0 Å². The largest absolute Gasteiger partial charge is 0.493 e. The average Bonchev–Trinajstić information content (AvgIpc) is 2.77. The highest BCUT2D eigenvalue weighted by Crippen LogP contribution is 2.40. The maximum Gasteiger partial charge on any atom is 0.291 e. The Hall–Kier alpha value is -3.80. The van der Waals surface area contributed by atoms with Crippen molar-refractivity contribution in [1.82, 2.24) is 0 Å². The van der Waals surface area contributed by atoms with Crippen molar-refractivity contribution < 1.29 is 19.1 Å². The number of hydrogen-bond donors (Lipinski definition) is 0. The predicted octanol–water partition coefficient (Wildman–Crippen LogP) is 5.03. The molecule has 0 N–H and O–H groups in total. The Morgan fingerprint density at radius 1 is 1.00 bits per heavy atom. The second-order valence-electron chi connectivity index (χ2n) is 6.55. The zero-order valence-electron chi connectivity index (χ0n) is 15.8. The highest BCUT2D eigenvalue weighted by atomic mass is 16.6. The second-order valence-corrected chi connectivity index (χ2v) is 6.55. The molecular weight excluding hydrogens is 370 g/mol. The average molecular weight is 389 g/mol. The Balaban J connectivity index is 1.62. The third kappa shape index (κ3) is 3.91. The Morgan fingerprint density at radius 2 is 1.76 bits per heavy atom. The summed E-state index contributed by atoms with van der Waals surface area (Å²) in [5, 5.41) is 11.6. The summed E-state index contributed by atoms with van der Waals surface area (Å²) in [6, 6.07) is 22.3. The van der Waals surface area contributed by atoms with E-state index in [1.54, 1.807) is 36.4 Å². The molecule has 0 fully saturated rings. The number of para-hydroxylation sites is 1. The molecule has 6 nitrogen and oxygen atoms in total. The molecule has 1 atom stereocenters. The van der Waals surface area contributed by atoms with E-state index in [1.165, 1.54) is 7.11 Å². The molecule has 0 aromatic heterocycles. The molecule has 1 heterocycles. The first-order valence-corrected chi connectivity index (χ1v) is 9.12. The molecule has 29 heavy (non-hydrogen) atoms. The van der Waals surface area contributed by atoms with Gasteiger partial charge in [0.05, 0.1) is 12.0 Å². The number of benzene rings is 3. The minimum Gasteiger partial charge on any atom is -0.493 e. The van der Waals surface area contributed by atoms with E-state index in [1.807, 2.05) is 42.5 Å². The van der Waals surface area contributed by atoms with Crippen molar-refractivity contribution in [3.8, 4) is 17.2 Å². The Labute approximate surface area is 168 Å². The fourth-order valence-electron chi connectivity index (χ4n) is 3.22. The molecule has 146 valence electrons. The molecule has 0 spiro atoms. The van der Waals surface area contributed by atoms with Crippen molar-refractivity contribution >= 4 is 6.08 Å². The van der Waals surface area contributed by atoms with Crippen LogP contribution in [0.15, 0.2) is 78.5 Å². The summed E-state index contributed by atoms with van der Waals surface area (Å²) in [5.74, 6) is 1.65. The summed E-state index contributed by atoms with van der Waals surface area (Å²) >= 11 is 0. The Morgan fingerprint density at radius 3 is 2.52 bits per heavy atom. The fourth-order valence-corrected chi connectivity index (χ4v) is 3.22. The lowest BCUT2D eigenvalue weighted by molar-refractivity contribution is -0.434. The fraction of sp³-hybridized carbons (Fsp3) is 0.130. The quantitative estimate of drug-likeness (QED) is 0.437. The van der Waals surface area contributed by atoms with E-state index >= 15 is 0 Å². The number of hydrogen-bond acceptors (Lipinski definition) is 5. The van der Waals surface area contributed by atoms with Crippen molar-refractivity contribution in [2.75, 3.05) is 7.11 Å². The number of ether oxygens (including phenoxy) is 3. The van der Waals surface area contributed by atoms with Crippen LogP contribution >= 0.6 is 0 Å². The topological polar surface area (TPSA) is 70.8 Å². The molecule has 6 heteroatoms. The van der Waals surface area contributed by atoms with Gasteiger partial charge in [-0.3, -0.25) is 10.1 Å². The smallest absolute Gasteiger partial charge is 0.291 e. The minimum absolute atomic E-state index is 0.0243. The van der Waals surface area contributed by atoms with E-state index in [0.29, 0.717) is 35.0 Å². The zero-order valence-corrected chi connectivity index (χ0v) is 15.8. The van der Waals surface area contributed by atoms with Crippen LogP contribution in [0, 0.1) is 10.1 Å². The van der Waals surface area contributed by atoms with Crippen LogP contribution in [-0.4, -0.2) is 12.0 Å². The first kappa shape index (κ1) is 18.6. The van der Waals surface area contributed by atoms with E-state index in [-0.39, 0.29) is 5.70 Å². The van der Waals surface area contributed by atoms with Crippen molar-refractivity contribution in [3.63, 3.8) is 0 Å². The summed E-state index contributed by atoms with van der Waals surface area (Å²) in [5.41, 5.74) is 2.31. The van der Waals surface area contributed by atoms with Gasteiger partial charge in [-0.05, 0) is 23.8 Å². The molecule has 4 rings (SSSR count). The van der Waals surface area contributed by atoms with Gasteiger partial charge in [0.25, 0.3) is 5.70 Å². The SMILES string of the molecule is COc1cc([C@H]2Oc3ccccc3C=C2[N+](=O)[O-])ccc1OCc1ccccc1. The maximum absolute atomic E-state index is 11.6. The van der Waals surface area contributed by atoms with E-state index in [2.05, 4.69) is 0 Å². The van der Waals surface area contributed by atoms with Crippen molar-refractivity contribution in [2.45, 2.75) is 12.7 Å². The van der Waals surface area contributed by atoms with Gasteiger partial charge in [0.15, 0.2) is 11.5 Å². The first-order valence-electron chi connectivity index (χ1n) is 9.12. The third-order valence-corrected chi connectivity index (χ3v) is 4.67. The molecule has 0 saturated carbocycles. The number of methoxy groups -OCH3 is 1. The van der Waals surface area contributed by atoms with E-state index in [9.17, 15) is 10.1 Å². The van der Waals surface area contributed by atoms with Gasteiger partial charge in [0.1, 0.15) is 12.4 Å².